The molecule has 16 heavy (non-hydrogen) atoms. The van der Waals surface area contributed by atoms with Crippen LogP contribution in [-0.4, -0.2) is 11.2 Å². The summed E-state index contributed by atoms with van der Waals surface area (Å²) >= 11 is 0. The van der Waals surface area contributed by atoms with Crippen molar-refractivity contribution in [3.8, 4) is 0 Å². The highest BCUT2D eigenvalue weighted by atomic mass is 16.3. The first kappa shape index (κ1) is 11.6. The summed E-state index contributed by atoms with van der Waals surface area (Å²) in [7, 11) is 0. The SMILES string of the molecule is CC(C)C(O)C[C@@H]1C[C@@]1(N)c1ccccc1. The molecule has 3 atom stereocenters. The Labute approximate surface area is 97.5 Å². The molecule has 1 unspecified atom stereocenters. The van der Waals surface area contributed by atoms with E-state index >= 15 is 0 Å². The van der Waals surface area contributed by atoms with E-state index in [1.807, 2.05) is 32.0 Å². The van der Waals surface area contributed by atoms with Crippen LogP contribution in [0.2, 0.25) is 0 Å². The van der Waals surface area contributed by atoms with Crippen LogP contribution in [0.25, 0.3) is 0 Å². The first-order valence-corrected chi connectivity index (χ1v) is 6.06. The van der Waals surface area contributed by atoms with Gasteiger partial charge in [0.1, 0.15) is 0 Å². The van der Waals surface area contributed by atoms with Gasteiger partial charge in [0.15, 0.2) is 0 Å². The fraction of sp³-hybridized carbons (Fsp3) is 0.571. The van der Waals surface area contributed by atoms with Crippen LogP contribution in [0.5, 0.6) is 0 Å². The summed E-state index contributed by atoms with van der Waals surface area (Å²) in [4.78, 5) is 0. The molecule has 2 rings (SSSR count). The van der Waals surface area contributed by atoms with Gasteiger partial charge in [-0.3, -0.25) is 0 Å². The predicted octanol–water partition coefficient (Wildman–Crippen LogP) is 2.27. The van der Waals surface area contributed by atoms with Crippen molar-refractivity contribution >= 4 is 0 Å². The zero-order valence-electron chi connectivity index (χ0n) is 10.1. The topological polar surface area (TPSA) is 46.2 Å². The number of rotatable bonds is 4. The van der Waals surface area contributed by atoms with E-state index in [1.165, 1.54) is 5.56 Å². The predicted molar refractivity (Wildman–Crippen MR) is 65.9 cm³/mol. The van der Waals surface area contributed by atoms with E-state index in [0.29, 0.717) is 11.8 Å². The highest BCUT2D eigenvalue weighted by Gasteiger charge is 2.52. The molecule has 1 saturated carbocycles. The fourth-order valence-electron chi connectivity index (χ4n) is 2.31. The molecule has 0 amide bonds. The van der Waals surface area contributed by atoms with E-state index in [4.69, 9.17) is 5.73 Å². The number of hydrogen-bond donors (Lipinski definition) is 2. The number of hydrogen-bond acceptors (Lipinski definition) is 2. The molecule has 0 saturated heterocycles. The minimum atomic E-state index is -0.223. The van der Waals surface area contributed by atoms with Gasteiger partial charge in [0.25, 0.3) is 0 Å². The quantitative estimate of drug-likeness (QED) is 0.816. The lowest BCUT2D eigenvalue weighted by Gasteiger charge is -2.17. The molecule has 0 spiro atoms. The van der Waals surface area contributed by atoms with Crippen LogP contribution in [0.15, 0.2) is 30.3 Å². The van der Waals surface area contributed by atoms with E-state index in [-0.39, 0.29) is 11.6 Å². The fourth-order valence-corrected chi connectivity index (χ4v) is 2.31. The summed E-state index contributed by atoms with van der Waals surface area (Å²) in [5.74, 6) is 0.757. The maximum absolute atomic E-state index is 9.86. The van der Waals surface area contributed by atoms with Crippen LogP contribution < -0.4 is 5.73 Å². The molecular weight excluding hydrogens is 198 g/mol. The first-order chi connectivity index (χ1) is 7.54. The van der Waals surface area contributed by atoms with Gasteiger partial charge >= 0.3 is 0 Å². The van der Waals surface area contributed by atoms with E-state index in [9.17, 15) is 5.11 Å². The minimum absolute atomic E-state index is 0.183. The summed E-state index contributed by atoms with van der Waals surface area (Å²) in [5.41, 5.74) is 7.37. The Bertz CT molecular complexity index is 349. The van der Waals surface area contributed by atoms with Gasteiger partial charge in [0.2, 0.25) is 0 Å². The summed E-state index contributed by atoms with van der Waals surface area (Å²) in [6.45, 7) is 4.10. The van der Waals surface area contributed by atoms with Crippen molar-refractivity contribution in [1.29, 1.82) is 0 Å². The third kappa shape index (κ3) is 2.13. The lowest BCUT2D eigenvalue weighted by Crippen LogP contribution is -2.25. The van der Waals surface area contributed by atoms with Gasteiger partial charge in [0.05, 0.1) is 6.10 Å². The molecule has 3 N–H and O–H groups in total. The average molecular weight is 219 g/mol. The summed E-state index contributed by atoms with van der Waals surface area (Å²) in [6, 6.07) is 10.2. The van der Waals surface area contributed by atoms with Gasteiger partial charge in [-0.2, -0.15) is 0 Å². The Hall–Kier alpha value is -0.860. The number of aliphatic hydroxyl groups excluding tert-OH is 1. The summed E-state index contributed by atoms with van der Waals surface area (Å²) in [6.07, 6.45) is 1.60. The van der Waals surface area contributed by atoms with Crippen molar-refractivity contribution in [3.05, 3.63) is 35.9 Å². The van der Waals surface area contributed by atoms with Gasteiger partial charge in [-0.05, 0) is 30.2 Å². The Morgan fingerprint density at radius 2 is 2.00 bits per heavy atom. The van der Waals surface area contributed by atoms with Gasteiger partial charge in [-0.25, -0.2) is 0 Å². The molecule has 1 aliphatic rings. The van der Waals surface area contributed by atoms with Crippen molar-refractivity contribution in [2.24, 2.45) is 17.6 Å². The van der Waals surface area contributed by atoms with Gasteiger partial charge in [-0.1, -0.05) is 44.2 Å². The van der Waals surface area contributed by atoms with E-state index in [0.717, 1.165) is 12.8 Å². The van der Waals surface area contributed by atoms with Crippen molar-refractivity contribution in [2.75, 3.05) is 0 Å². The van der Waals surface area contributed by atoms with Crippen LogP contribution in [0, 0.1) is 11.8 Å². The van der Waals surface area contributed by atoms with Crippen LogP contribution in [0.4, 0.5) is 0 Å². The first-order valence-electron chi connectivity index (χ1n) is 6.06. The van der Waals surface area contributed by atoms with E-state index in [2.05, 4.69) is 12.1 Å². The molecule has 1 aromatic carbocycles. The molecule has 0 heterocycles. The molecule has 0 aliphatic heterocycles. The second-order valence-electron chi connectivity index (χ2n) is 5.35. The molecule has 1 aliphatic carbocycles. The normalized spacial score (nSPS) is 30.4. The van der Waals surface area contributed by atoms with Crippen LogP contribution >= 0.6 is 0 Å². The van der Waals surface area contributed by atoms with Crippen molar-refractivity contribution in [1.82, 2.24) is 0 Å². The number of benzene rings is 1. The third-order valence-electron chi connectivity index (χ3n) is 3.76. The Morgan fingerprint density at radius 3 is 2.56 bits per heavy atom. The van der Waals surface area contributed by atoms with E-state index < -0.39 is 0 Å². The minimum Gasteiger partial charge on any atom is -0.393 e. The van der Waals surface area contributed by atoms with Gasteiger partial charge < -0.3 is 10.8 Å². The summed E-state index contributed by atoms with van der Waals surface area (Å²) < 4.78 is 0. The Balaban J connectivity index is 1.99. The van der Waals surface area contributed by atoms with Crippen molar-refractivity contribution < 1.29 is 5.11 Å². The monoisotopic (exact) mass is 219 g/mol. The second-order valence-corrected chi connectivity index (χ2v) is 5.35. The molecule has 0 aromatic heterocycles. The Morgan fingerprint density at radius 1 is 1.38 bits per heavy atom. The third-order valence-corrected chi connectivity index (χ3v) is 3.76. The largest absolute Gasteiger partial charge is 0.393 e. The maximum Gasteiger partial charge on any atom is 0.0566 e. The highest BCUT2D eigenvalue weighted by Crippen LogP contribution is 2.52. The zero-order chi connectivity index (χ0) is 11.8. The van der Waals surface area contributed by atoms with Crippen molar-refractivity contribution in [2.45, 2.75) is 38.3 Å². The molecule has 1 aromatic rings. The summed E-state index contributed by atoms with van der Waals surface area (Å²) in [5, 5.41) is 9.86. The number of aliphatic hydroxyl groups is 1. The smallest absolute Gasteiger partial charge is 0.0566 e. The van der Waals surface area contributed by atoms with Gasteiger partial charge in [0, 0.05) is 5.54 Å². The molecule has 0 bridgehead atoms. The standard InChI is InChI=1S/C14H21NO/c1-10(2)13(16)8-12-9-14(12,15)11-6-4-3-5-7-11/h3-7,10,12-13,16H,8-9,15H2,1-2H3/t12-,13?,14-/m1/s1. The zero-order valence-corrected chi connectivity index (χ0v) is 10.1. The highest BCUT2D eigenvalue weighted by molar-refractivity contribution is 5.31. The van der Waals surface area contributed by atoms with E-state index in [1.54, 1.807) is 0 Å². The van der Waals surface area contributed by atoms with Crippen LogP contribution in [0.1, 0.15) is 32.3 Å². The van der Waals surface area contributed by atoms with Crippen LogP contribution in [0.3, 0.4) is 0 Å². The average Bonchev–Trinajstić information content (AvgIpc) is 2.92. The molecule has 2 heteroatoms. The maximum atomic E-state index is 9.86. The molecule has 0 radical (unpaired) electrons. The lowest BCUT2D eigenvalue weighted by atomic mass is 9.97. The Kier molecular flexibility index (Phi) is 3.04. The van der Waals surface area contributed by atoms with Crippen LogP contribution in [-0.2, 0) is 5.54 Å². The molecule has 1 fully saturated rings. The lowest BCUT2D eigenvalue weighted by molar-refractivity contribution is 0.107. The van der Waals surface area contributed by atoms with Crippen molar-refractivity contribution in [3.63, 3.8) is 0 Å². The molecule has 2 nitrogen and oxygen atoms in total. The molecule has 88 valence electrons. The molecular formula is C14H21NO. The number of nitrogens with two attached hydrogens (primary N) is 1. The second kappa shape index (κ2) is 4.19. The van der Waals surface area contributed by atoms with Gasteiger partial charge in [-0.15, -0.1) is 0 Å².